The maximum Gasteiger partial charge on any atom is 0.337 e. The molecule has 0 aliphatic carbocycles. The van der Waals surface area contributed by atoms with E-state index in [1.54, 1.807) is 25.6 Å². The van der Waals surface area contributed by atoms with Crippen LogP contribution in [0.5, 0.6) is 0 Å². The molecule has 34 heavy (non-hydrogen) atoms. The lowest BCUT2D eigenvalue weighted by Crippen LogP contribution is -2.40. The van der Waals surface area contributed by atoms with Gasteiger partial charge in [0.1, 0.15) is 5.82 Å². The van der Waals surface area contributed by atoms with Gasteiger partial charge in [0, 0.05) is 27.2 Å². The molecule has 4 heterocycles. The number of rotatable bonds is 6. The lowest BCUT2D eigenvalue weighted by Gasteiger charge is -2.27. The number of hydrogen-bond donors (Lipinski definition) is 2. The Labute approximate surface area is 195 Å². The molecular formula is C23H27N7O4. The topological polar surface area (TPSA) is 127 Å². The maximum absolute atomic E-state index is 13.7. The Bertz CT molecular complexity index is 1430. The van der Waals surface area contributed by atoms with Gasteiger partial charge in [0.25, 0.3) is 5.56 Å². The number of nitrogens with zero attached hydrogens (tertiary/aromatic N) is 6. The first kappa shape index (κ1) is 23.1. The normalized spacial score (nSPS) is 13.6. The Morgan fingerprint density at radius 2 is 1.88 bits per heavy atom. The van der Waals surface area contributed by atoms with E-state index in [0.717, 1.165) is 36.9 Å². The summed E-state index contributed by atoms with van der Waals surface area (Å²) in [5, 5.41) is 12.4. The van der Waals surface area contributed by atoms with Gasteiger partial charge >= 0.3 is 11.7 Å². The number of anilines is 2. The molecule has 4 rings (SSSR count). The fourth-order valence-corrected chi connectivity index (χ4v) is 4.25. The van der Waals surface area contributed by atoms with Crippen LogP contribution in [-0.4, -0.2) is 54.9 Å². The van der Waals surface area contributed by atoms with Crippen molar-refractivity contribution >= 4 is 28.9 Å². The van der Waals surface area contributed by atoms with Crippen LogP contribution in [-0.2, 0) is 20.1 Å². The van der Waals surface area contributed by atoms with E-state index in [-0.39, 0.29) is 35.5 Å². The molecule has 0 spiro atoms. The third-order valence-electron chi connectivity index (χ3n) is 6.03. The average molecular weight is 466 g/mol. The van der Waals surface area contributed by atoms with Crippen molar-refractivity contribution in [1.29, 1.82) is 0 Å². The van der Waals surface area contributed by atoms with E-state index in [1.165, 1.54) is 16.7 Å². The summed E-state index contributed by atoms with van der Waals surface area (Å²) in [6.45, 7) is 3.31. The van der Waals surface area contributed by atoms with Crippen molar-refractivity contribution in [2.75, 3.05) is 30.4 Å². The smallest absolute Gasteiger partial charge is 0.337 e. The first-order chi connectivity index (χ1) is 16.4. The number of fused-ring (bicyclic) bond motifs is 1. The van der Waals surface area contributed by atoms with Gasteiger partial charge in [0.15, 0.2) is 11.2 Å². The van der Waals surface area contributed by atoms with Gasteiger partial charge in [0.05, 0.1) is 24.3 Å². The summed E-state index contributed by atoms with van der Waals surface area (Å²) >= 11 is 0. The van der Waals surface area contributed by atoms with Crippen LogP contribution in [0.4, 0.5) is 11.8 Å². The lowest BCUT2D eigenvalue weighted by atomic mass is 10.1. The van der Waals surface area contributed by atoms with Crippen molar-refractivity contribution in [2.24, 2.45) is 7.05 Å². The van der Waals surface area contributed by atoms with Crippen LogP contribution in [0, 0.1) is 11.8 Å². The minimum atomic E-state index is -1.19. The first-order valence-electron chi connectivity index (χ1n) is 11.1. The number of carbonyl (C=O) groups is 1. The summed E-state index contributed by atoms with van der Waals surface area (Å²) in [7, 11) is 3.21. The van der Waals surface area contributed by atoms with E-state index in [2.05, 4.69) is 32.0 Å². The molecule has 1 aliphatic heterocycles. The van der Waals surface area contributed by atoms with Crippen molar-refractivity contribution in [3.8, 4) is 11.8 Å². The number of piperidine rings is 1. The van der Waals surface area contributed by atoms with E-state index in [9.17, 15) is 19.5 Å². The minimum absolute atomic E-state index is 0.0765. The van der Waals surface area contributed by atoms with Crippen LogP contribution in [0.25, 0.3) is 11.2 Å². The van der Waals surface area contributed by atoms with Gasteiger partial charge in [-0.2, -0.15) is 4.98 Å². The number of aromatic carboxylic acids is 1. The molecule has 0 aromatic carbocycles. The number of carboxylic acid groups (broad SMARTS) is 1. The van der Waals surface area contributed by atoms with Gasteiger partial charge in [0.2, 0.25) is 5.95 Å². The predicted molar refractivity (Wildman–Crippen MR) is 129 cm³/mol. The molecule has 3 aromatic heterocycles. The van der Waals surface area contributed by atoms with Gasteiger partial charge in [-0.3, -0.25) is 18.5 Å². The van der Waals surface area contributed by atoms with Crippen LogP contribution in [0.2, 0.25) is 0 Å². The second-order valence-electron chi connectivity index (χ2n) is 8.12. The minimum Gasteiger partial charge on any atom is -0.478 e. The Hall–Kier alpha value is -4.07. The van der Waals surface area contributed by atoms with Gasteiger partial charge in [-0.05, 0) is 38.3 Å². The highest BCUT2D eigenvalue weighted by atomic mass is 16.4. The molecule has 2 N–H and O–H groups in total. The lowest BCUT2D eigenvalue weighted by molar-refractivity contribution is 0.0695. The van der Waals surface area contributed by atoms with Crippen LogP contribution in [0.1, 0.15) is 42.2 Å². The number of imidazole rings is 1. The van der Waals surface area contributed by atoms with E-state index in [4.69, 9.17) is 0 Å². The number of carboxylic acids is 1. The van der Waals surface area contributed by atoms with Gasteiger partial charge < -0.3 is 15.3 Å². The van der Waals surface area contributed by atoms with Crippen LogP contribution in [0.15, 0.2) is 21.7 Å². The predicted octanol–water partition coefficient (Wildman–Crippen LogP) is 1.09. The molecular weight excluding hydrogens is 438 g/mol. The summed E-state index contributed by atoms with van der Waals surface area (Å²) in [6.07, 6.45) is 3.19. The highest BCUT2D eigenvalue weighted by Crippen LogP contribution is 2.23. The SMILES string of the molecule is CC#CCn1c(N2CCCCC2)nc2c1c(=O)n(Cc1nc(NC)ccc1C(=O)O)c(=O)n2C. The third kappa shape index (κ3) is 4.03. The number of nitrogens with one attached hydrogen (secondary N) is 1. The second-order valence-corrected chi connectivity index (χ2v) is 8.12. The molecule has 0 saturated carbocycles. The zero-order valence-electron chi connectivity index (χ0n) is 19.5. The molecule has 0 bridgehead atoms. The van der Waals surface area contributed by atoms with Gasteiger partial charge in [-0.25, -0.2) is 14.6 Å². The van der Waals surface area contributed by atoms with Gasteiger partial charge in [-0.15, -0.1) is 5.92 Å². The molecule has 1 aliphatic rings. The molecule has 11 nitrogen and oxygen atoms in total. The van der Waals surface area contributed by atoms with E-state index >= 15 is 0 Å². The molecule has 178 valence electrons. The van der Waals surface area contributed by atoms with Gasteiger partial charge in [-0.1, -0.05) is 5.92 Å². The molecule has 0 amide bonds. The second kappa shape index (κ2) is 9.43. The standard InChI is InChI=1S/C23H27N7O4/c1-4-5-13-29-18-19(26-22(29)28-11-7-6-8-12-28)27(3)23(34)30(20(18)31)14-16-15(21(32)33)9-10-17(24-2)25-16/h9-10H,6-8,11-14H2,1-3H3,(H,24,25)(H,32,33). The van der Waals surface area contributed by atoms with Crippen molar-refractivity contribution in [3.63, 3.8) is 0 Å². The quantitative estimate of drug-likeness (QED) is 0.518. The molecule has 0 radical (unpaired) electrons. The Balaban J connectivity index is 1.95. The number of hydrogen-bond acceptors (Lipinski definition) is 7. The number of pyridine rings is 1. The molecule has 1 fully saturated rings. The maximum atomic E-state index is 13.7. The fourth-order valence-electron chi connectivity index (χ4n) is 4.25. The van der Waals surface area contributed by atoms with E-state index < -0.39 is 17.2 Å². The largest absolute Gasteiger partial charge is 0.478 e. The van der Waals surface area contributed by atoms with Crippen molar-refractivity contribution in [1.82, 2.24) is 23.7 Å². The number of aryl methyl sites for hydroxylation is 1. The fraction of sp³-hybridized carbons (Fsp3) is 0.435. The zero-order chi connectivity index (χ0) is 24.4. The van der Waals surface area contributed by atoms with Crippen LogP contribution >= 0.6 is 0 Å². The van der Waals surface area contributed by atoms with E-state index in [0.29, 0.717) is 11.8 Å². The first-order valence-corrected chi connectivity index (χ1v) is 11.1. The van der Waals surface area contributed by atoms with E-state index in [1.807, 2.05) is 0 Å². The zero-order valence-corrected chi connectivity index (χ0v) is 19.5. The monoisotopic (exact) mass is 465 g/mol. The molecule has 0 atom stereocenters. The average Bonchev–Trinajstić information content (AvgIpc) is 3.24. The highest BCUT2D eigenvalue weighted by molar-refractivity contribution is 5.89. The third-order valence-corrected chi connectivity index (χ3v) is 6.03. The summed E-state index contributed by atoms with van der Waals surface area (Å²) in [4.78, 5) is 49.7. The van der Waals surface area contributed by atoms with Crippen LogP contribution < -0.4 is 21.5 Å². The molecule has 0 unspecified atom stereocenters. The summed E-state index contributed by atoms with van der Waals surface area (Å²) < 4.78 is 4.08. The number of aromatic nitrogens is 5. The molecule has 3 aromatic rings. The van der Waals surface area contributed by atoms with Crippen LogP contribution in [0.3, 0.4) is 0 Å². The van der Waals surface area contributed by atoms with Crippen molar-refractivity contribution in [3.05, 3.63) is 44.2 Å². The van der Waals surface area contributed by atoms with Crippen molar-refractivity contribution in [2.45, 2.75) is 39.3 Å². The molecule has 1 saturated heterocycles. The summed E-state index contributed by atoms with van der Waals surface area (Å²) in [6, 6.07) is 2.93. The van der Waals surface area contributed by atoms with Crippen molar-refractivity contribution < 1.29 is 9.90 Å². The Morgan fingerprint density at radius 1 is 1.15 bits per heavy atom. The summed E-state index contributed by atoms with van der Waals surface area (Å²) in [5.41, 5.74) is -0.588. The molecule has 11 heteroatoms. The Kier molecular flexibility index (Phi) is 6.40. The Morgan fingerprint density at radius 3 is 2.53 bits per heavy atom. The highest BCUT2D eigenvalue weighted by Gasteiger charge is 2.25. The summed E-state index contributed by atoms with van der Waals surface area (Å²) in [5.74, 6) is 5.72.